The number of rotatable bonds is 8. The maximum atomic E-state index is 13.3. The number of hydrogen-bond donors (Lipinski definition) is 2. The highest BCUT2D eigenvalue weighted by molar-refractivity contribution is 6.00. The second-order valence-corrected chi connectivity index (χ2v) is 8.51. The summed E-state index contributed by atoms with van der Waals surface area (Å²) < 4.78 is 8.92. The summed E-state index contributed by atoms with van der Waals surface area (Å²) in [6.45, 7) is 11.4. The van der Waals surface area contributed by atoms with Crippen LogP contribution in [0.3, 0.4) is 0 Å². The van der Waals surface area contributed by atoms with Crippen LogP contribution in [0.15, 0.2) is 29.2 Å². The molecule has 0 spiro atoms. The minimum absolute atomic E-state index is 0.126. The Kier molecular flexibility index (Phi) is 6.90. The van der Waals surface area contributed by atoms with Gasteiger partial charge in [0.25, 0.3) is 17.1 Å². The number of amides is 1. The average molecular weight is 427 g/mol. The van der Waals surface area contributed by atoms with Gasteiger partial charge in [0.05, 0.1) is 12.6 Å². The summed E-state index contributed by atoms with van der Waals surface area (Å²) >= 11 is 0. The molecule has 0 saturated heterocycles. The van der Waals surface area contributed by atoms with Crippen molar-refractivity contribution >= 4 is 28.4 Å². The van der Waals surface area contributed by atoms with E-state index in [9.17, 15) is 9.59 Å². The molecule has 166 valence electrons. The first kappa shape index (κ1) is 22.7. The third kappa shape index (κ3) is 4.85. The van der Waals surface area contributed by atoms with Gasteiger partial charge >= 0.3 is 0 Å². The molecule has 3 aromatic rings. The molecule has 0 atom stereocenters. The van der Waals surface area contributed by atoms with Crippen LogP contribution in [0.4, 0.5) is 5.82 Å². The van der Waals surface area contributed by atoms with E-state index in [1.54, 1.807) is 16.8 Å². The van der Waals surface area contributed by atoms with Gasteiger partial charge in [0.2, 0.25) is 11.5 Å². The number of ether oxygens (including phenoxy) is 1. The molecule has 0 aromatic carbocycles. The fourth-order valence-corrected chi connectivity index (χ4v) is 3.45. The molecule has 0 aliphatic rings. The minimum atomic E-state index is -0.297. The van der Waals surface area contributed by atoms with E-state index in [2.05, 4.69) is 5.32 Å². The number of carbonyl (C=O) groups is 1. The lowest BCUT2D eigenvalue weighted by molar-refractivity contribution is -0.659. The van der Waals surface area contributed by atoms with Gasteiger partial charge in [-0.1, -0.05) is 24.9 Å². The molecule has 3 N–H and O–H groups in total. The van der Waals surface area contributed by atoms with E-state index in [0.29, 0.717) is 54.5 Å². The first-order valence-electron chi connectivity index (χ1n) is 10.7. The van der Waals surface area contributed by atoms with Crippen molar-refractivity contribution in [3.05, 3.63) is 45.9 Å². The van der Waals surface area contributed by atoms with Gasteiger partial charge in [-0.05, 0) is 38.8 Å². The number of pyridine rings is 2. The van der Waals surface area contributed by atoms with Gasteiger partial charge < -0.3 is 15.8 Å². The van der Waals surface area contributed by atoms with Crippen molar-refractivity contribution in [1.82, 2.24) is 14.7 Å². The molecule has 8 heteroatoms. The van der Waals surface area contributed by atoms with Crippen LogP contribution in [0, 0.1) is 12.8 Å². The number of hydrogen-bond acceptors (Lipinski definition) is 5. The monoisotopic (exact) mass is 426 g/mol. The topological polar surface area (TPSA) is 103 Å². The predicted octanol–water partition coefficient (Wildman–Crippen LogP) is 2.23. The fraction of sp³-hybridized carbons (Fsp3) is 0.478. The SMILES string of the molecule is Cc1cccn2c(=O)c3cc(C(=O)NCC(C)C)c(N)[n+](CCCOC(C)C)c3nc12. The minimum Gasteiger partial charge on any atom is -0.379 e. The van der Waals surface area contributed by atoms with Crippen LogP contribution in [0.25, 0.3) is 16.7 Å². The van der Waals surface area contributed by atoms with E-state index < -0.39 is 0 Å². The Morgan fingerprint density at radius 3 is 2.74 bits per heavy atom. The van der Waals surface area contributed by atoms with Crippen LogP contribution in [-0.4, -0.2) is 34.5 Å². The molecule has 0 saturated carbocycles. The van der Waals surface area contributed by atoms with Crippen LogP contribution in [-0.2, 0) is 11.3 Å². The summed E-state index contributed by atoms with van der Waals surface area (Å²) in [5.41, 5.74) is 8.43. The summed E-state index contributed by atoms with van der Waals surface area (Å²) in [7, 11) is 0. The molecule has 3 aromatic heterocycles. The fourth-order valence-electron chi connectivity index (χ4n) is 3.45. The maximum absolute atomic E-state index is 13.3. The lowest BCUT2D eigenvalue weighted by atomic mass is 10.1. The molecular weight excluding hydrogens is 394 g/mol. The zero-order valence-corrected chi connectivity index (χ0v) is 18.9. The van der Waals surface area contributed by atoms with E-state index >= 15 is 0 Å². The van der Waals surface area contributed by atoms with E-state index in [-0.39, 0.29) is 23.1 Å². The van der Waals surface area contributed by atoms with Crippen molar-refractivity contribution in [3.8, 4) is 0 Å². The molecule has 3 rings (SSSR count). The number of carbonyl (C=O) groups excluding carboxylic acids is 1. The highest BCUT2D eigenvalue weighted by Gasteiger charge is 2.24. The van der Waals surface area contributed by atoms with Crippen molar-refractivity contribution in [2.75, 3.05) is 18.9 Å². The van der Waals surface area contributed by atoms with Crippen molar-refractivity contribution in [2.24, 2.45) is 5.92 Å². The van der Waals surface area contributed by atoms with Crippen LogP contribution in [0.5, 0.6) is 0 Å². The first-order chi connectivity index (χ1) is 14.7. The average Bonchev–Trinajstić information content (AvgIpc) is 2.71. The Bertz CT molecular complexity index is 1170. The molecule has 3 heterocycles. The number of nitrogens with two attached hydrogens (primary N) is 1. The van der Waals surface area contributed by atoms with Crippen molar-refractivity contribution in [2.45, 2.75) is 53.7 Å². The van der Waals surface area contributed by atoms with Crippen LogP contribution in [0.2, 0.25) is 0 Å². The molecule has 8 nitrogen and oxygen atoms in total. The highest BCUT2D eigenvalue weighted by Crippen LogP contribution is 2.16. The molecule has 0 unspecified atom stereocenters. The molecular formula is C23H32N5O3+. The van der Waals surface area contributed by atoms with Gasteiger partial charge in [-0.3, -0.25) is 14.0 Å². The second kappa shape index (κ2) is 9.43. The van der Waals surface area contributed by atoms with Crippen LogP contribution in [0.1, 0.15) is 50.0 Å². The highest BCUT2D eigenvalue weighted by atomic mass is 16.5. The van der Waals surface area contributed by atoms with Gasteiger partial charge in [0.1, 0.15) is 10.9 Å². The van der Waals surface area contributed by atoms with E-state index in [0.717, 1.165) is 5.56 Å². The number of aryl methyl sites for hydroxylation is 2. The zero-order chi connectivity index (χ0) is 22.7. The van der Waals surface area contributed by atoms with Gasteiger partial charge in [0, 0.05) is 31.3 Å². The normalized spacial score (nSPS) is 11.7. The van der Waals surface area contributed by atoms with Crippen LogP contribution < -0.4 is 21.2 Å². The Hall–Kier alpha value is -3.00. The zero-order valence-electron chi connectivity index (χ0n) is 18.9. The summed E-state index contributed by atoms with van der Waals surface area (Å²) in [5.74, 6) is 0.294. The lowest BCUT2D eigenvalue weighted by Crippen LogP contribution is -2.43. The van der Waals surface area contributed by atoms with Crippen molar-refractivity contribution in [1.29, 1.82) is 0 Å². The number of anilines is 1. The molecule has 1 amide bonds. The molecule has 0 fully saturated rings. The van der Waals surface area contributed by atoms with Crippen LogP contribution >= 0.6 is 0 Å². The molecule has 0 aliphatic carbocycles. The van der Waals surface area contributed by atoms with E-state index in [4.69, 9.17) is 15.5 Å². The molecule has 31 heavy (non-hydrogen) atoms. The van der Waals surface area contributed by atoms with Gasteiger partial charge in [-0.2, -0.15) is 0 Å². The number of nitrogens with one attached hydrogen (secondary N) is 1. The Morgan fingerprint density at radius 1 is 1.32 bits per heavy atom. The molecule has 0 bridgehead atoms. The third-order valence-corrected chi connectivity index (χ3v) is 5.07. The van der Waals surface area contributed by atoms with Gasteiger partial charge in [-0.25, -0.2) is 4.57 Å². The Balaban J connectivity index is 2.18. The van der Waals surface area contributed by atoms with Gasteiger partial charge in [-0.15, -0.1) is 0 Å². The van der Waals surface area contributed by atoms with Gasteiger partial charge in [0.15, 0.2) is 0 Å². The number of nitrogen functional groups attached to an aromatic ring is 1. The standard InChI is InChI=1S/C23H31N5O3/c1-14(2)13-25-22(29)17-12-18-21(27(19(17)24)10-7-11-31-15(3)4)26-20-16(5)8-6-9-28(20)23(18)30/h6,8-9,12,14-15,24H,7,10-11,13H2,1-5H3,(H,25,29)/p+1. The molecule has 0 radical (unpaired) electrons. The van der Waals surface area contributed by atoms with E-state index in [1.165, 1.54) is 4.40 Å². The number of aromatic nitrogens is 3. The summed E-state index contributed by atoms with van der Waals surface area (Å²) in [6.07, 6.45) is 2.49. The number of fused-ring (bicyclic) bond motifs is 2. The largest absolute Gasteiger partial charge is 0.379 e. The summed E-state index contributed by atoms with van der Waals surface area (Å²) in [4.78, 5) is 30.9. The lowest BCUT2D eigenvalue weighted by Gasteiger charge is -2.14. The third-order valence-electron chi connectivity index (χ3n) is 5.07. The molecule has 0 aliphatic heterocycles. The Morgan fingerprint density at radius 2 is 2.06 bits per heavy atom. The smallest absolute Gasteiger partial charge is 0.278 e. The van der Waals surface area contributed by atoms with Crippen molar-refractivity contribution < 1.29 is 14.1 Å². The van der Waals surface area contributed by atoms with E-state index in [1.807, 2.05) is 46.8 Å². The maximum Gasteiger partial charge on any atom is 0.278 e. The quantitative estimate of drug-likeness (QED) is 0.327. The predicted molar refractivity (Wildman–Crippen MR) is 121 cm³/mol. The number of nitrogens with zero attached hydrogens (tertiary/aromatic N) is 3. The summed E-state index contributed by atoms with van der Waals surface area (Å²) in [6, 6.07) is 5.28. The first-order valence-corrected chi connectivity index (χ1v) is 10.7. The summed E-state index contributed by atoms with van der Waals surface area (Å²) in [5, 5.41) is 3.25. The van der Waals surface area contributed by atoms with Crippen molar-refractivity contribution in [3.63, 3.8) is 0 Å². The Labute approximate surface area is 182 Å². The second-order valence-electron chi connectivity index (χ2n) is 8.51.